The molecule has 38 heavy (non-hydrogen) atoms. The molecule has 3 aromatic carbocycles. The van der Waals surface area contributed by atoms with Crippen molar-refractivity contribution in [1.29, 1.82) is 0 Å². The summed E-state index contributed by atoms with van der Waals surface area (Å²) >= 11 is 3.34. The first-order valence-corrected chi connectivity index (χ1v) is 12.2. The van der Waals surface area contributed by atoms with Gasteiger partial charge in [-0.15, -0.1) is 0 Å². The first-order chi connectivity index (χ1) is 18.3. The molecule has 0 atom stereocenters. The van der Waals surface area contributed by atoms with E-state index in [0.29, 0.717) is 28.1 Å². The van der Waals surface area contributed by atoms with Gasteiger partial charge in [0.05, 0.1) is 22.5 Å². The maximum Gasteiger partial charge on any atom is 0.335 e. The van der Waals surface area contributed by atoms with Crippen LogP contribution in [0.3, 0.4) is 0 Å². The zero-order valence-electron chi connectivity index (χ0n) is 20.0. The first-order valence-electron chi connectivity index (χ1n) is 11.4. The molecule has 0 aromatic heterocycles. The van der Waals surface area contributed by atoms with Crippen LogP contribution in [0.15, 0.2) is 76.8 Å². The van der Waals surface area contributed by atoms with Gasteiger partial charge in [-0.1, -0.05) is 18.2 Å². The lowest BCUT2D eigenvalue weighted by Crippen LogP contribution is -2.54. The highest BCUT2D eigenvalue weighted by Crippen LogP contribution is 2.29. The number of para-hydroxylation sites is 1. The fraction of sp³-hybridized carbons (Fsp3) is 0.111. The fourth-order valence-electron chi connectivity index (χ4n) is 3.53. The number of barbiturate groups is 1. The van der Waals surface area contributed by atoms with Crippen molar-refractivity contribution in [1.82, 2.24) is 5.32 Å². The third-order valence-corrected chi connectivity index (χ3v) is 5.90. The molecule has 0 unspecified atom stereocenters. The molecule has 9 nitrogen and oxygen atoms in total. The summed E-state index contributed by atoms with van der Waals surface area (Å²) in [5.74, 6) is -1.86. The number of amides is 5. The lowest BCUT2D eigenvalue weighted by atomic mass is 10.1. The molecule has 5 amide bonds. The zero-order valence-corrected chi connectivity index (χ0v) is 21.6. The highest BCUT2D eigenvalue weighted by atomic mass is 79.9. The Morgan fingerprint density at radius 1 is 1.05 bits per heavy atom. The van der Waals surface area contributed by atoms with Gasteiger partial charge < -0.3 is 14.8 Å². The number of halogens is 2. The maximum absolute atomic E-state index is 13.7. The van der Waals surface area contributed by atoms with Gasteiger partial charge in [-0.05, 0) is 83.0 Å². The molecule has 1 aliphatic rings. The average Bonchev–Trinajstić information content (AvgIpc) is 2.88. The average molecular weight is 582 g/mol. The number of anilines is 2. The lowest BCUT2D eigenvalue weighted by molar-refractivity contribution is -0.122. The summed E-state index contributed by atoms with van der Waals surface area (Å²) in [7, 11) is 0. The summed E-state index contributed by atoms with van der Waals surface area (Å²) in [5.41, 5.74) is 0.520. The Bertz CT molecular complexity index is 1440. The van der Waals surface area contributed by atoms with Crippen molar-refractivity contribution in [3.05, 3.63) is 88.2 Å². The standard InChI is InChI=1S/C27H21BrFN3O6/c1-2-37-18-10-8-17(9-11-18)32-26(35)19(25(34)31-27(32)36)13-16-7-12-23(20(28)14-16)38-15-24(33)30-22-6-4-3-5-21(22)29/h3-14H,2,15H2,1H3,(H,30,33)(H,31,34,36)/b19-13+. The van der Waals surface area contributed by atoms with Crippen molar-refractivity contribution in [2.45, 2.75) is 6.92 Å². The molecule has 0 aliphatic carbocycles. The molecule has 2 N–H and O–H groups in total. The molecule has 194 valence electrons. The number of nitrogens with zero attached hydrogens (tertiary/aromatic N) is 1. The topological polar surface area (TPSA) is 114 Å². The smallest absolute Gasteiger partial charge is 0.335 e. The summed E-state index contributed by atoms with van der Waals surface area (Å²) in [6.45, 7) is 1.91. The van der Waals surface area contributed by atoms with E-state index in [1.807, 2.05) is 6.92 Å². The van der Waals surface area contributed by atoms with Gasteiger partial charge in [0.25, 0.3) is 17.7 Å². The second-order valence-electron chi connectivity index (χ2n) is 7.89. The Labute approximate surface area is 225 Å². The minimum atomic E-state index is -0.861. The van der Waals surface area contributed by atoms with Crippen LogP contribution in [0.4, 0.5) is 20.6 Å². The van der Waals surface area contributed by atoms with Crippen LogP contribution in [0.2, 0.25) is 0 Å². The van der Waals surface area contributed by atoms with Gasteiger partial charge in [0, 0.05) is 0 Å². The summed E-state index contributed by atoms with van der Waals surface area (Å²) < 4.78 is 25.0. The van der Waals surface area contributed by atoms with Crippen molar-refractivity contribution in [2.24, 2.45) is 0 Å². The third-order valence-electron chi connectivity index (χ3n) is 5.28. The number of benzene rings is 3. The lowest BCUT2D eigenvalue weighted by Gasteiger charge is -2.26. The Morgan fingerprint density at radius 2 is 1.79 bits per heavy atom. The van der Waals surface area contributed by atoms with E-state index >= 15 is 0 Å². The van der Waals surface area contributed by atoms with E-state index in [0.717, 1.165) is 4.90 Å². The Morgan fingerprint density at radius 3 is 2.47 bits per heavy atom. The monoisotopic (exact) mass is 581 g/mol. The van der Waals surface area contributed by atoms with Gasteiger partial charge in [0.1, 0.15) is 22.9 Å². The minimum absolute atomic E-state index is 0.0373. The molecule has 1 fully saturated rings. The number of hydrogen-bond acceptors (Lipinski definition) is 6. The molecule has 3 aromatic rings. The van der Waals surface area contributed by atoms with Crippen LogP contribution in [-0.2, 0) is 14.4 Å². The van der Waals surface area contributed by atoms with Crippen molar-refractivity contribution in [2.75, 3.05) is 23.4 Å². The van der Waals surface area contributed by atoms with E-state index in [1.54, 1.807) is 42.5 Å². The SMILES string of the molecule is CCOc1ccc(N2C(=O)NC(=O)/C(=C\c3ccc(OCC(=O)Nc4ccccc4F)c(Br)c3)C2=O)cc1. The summed E-state index contributed by atoms with van der Waals surface area (Å²) in [6, 6.07) is 15.9. The Hall–Kier alpha value is -4.51. The van der Waals surface area contributed by atoms with Gasteiger partial charge in [0.2, 0.25) is 0 Å². The van der Waals surface area contributed by atoms with E-state index in [1.165, 1.54) is 30.3 Å². The van der Waals surface area contributed by atoms with E-state index in [9.17, 15) is 23.6 Å². The van der Waals surface area contributed by atoms with Gasteiger partial charge >= 0.3 is 6.03 Å². The molecular weight excluding hydrogens is 561 g/mol. The molecular formula is C27H21BrFN3O6. The number of imide groups is 2. The molecule has 0 radical (unpaired) electrons. The molecule has 0 spiro atoms. The molecule has 1 heterocycles. The van der Waals surface area contributed by atoms with Crippen LogP contribution >= 0.6 is 15.9 Å². The third kappa shape index (κ3) is 6.06. The first kappa shape index (κ1) is 26.6. The quantitative estimate of drug-likeness (QED) is 0.295. The molecule has 1 saturated heterocycles. The summed E-state index contributed by atoms with van der Waals surface area (Å²) in [4.78, 5) is 51.0. The predicted octanol–water partition coefficient (Wildman–Crippen LogP) is 4.67. The van der Waals surface area contributed by atoms with E-state index < -0.39 is 29.6 Å². The predicted molar refractivity (Wildman–Crippen MR) is 141 cm³/mol. The highest BCUT2D eigenvalue weighted by molar-refractivity contribution is 9.10. The normalized spacial score (nSPS) is 14.3. The van der Waals surface area contributed by atoms with Crippen molar-refractivity contribution < 1.29 is 33.0 Å². The van der Waals surface area contributed by atoms with Gasteiger partial charge in [-0.2, -0.15) is 0 Å². The Balaban J connectivity index is 1.47. The highest BCUT2D eigenvalue weighted by Gasteiger charge is 2.36. The largest absolute Gasteiger partial charge is 0.494 e. The van der Waals surface area contributed by atoms with Gasteiger partial charge in [-0.3, -0.25) is 19.7 Å². The number of rotatable bonds is 8. The summed E-state index contributed by atoms with van der Waals surface area (Å²) in [5, 5.41) is 4.59. The minimum Gasteiger partial charge on any atom is -0.494 e. The number of nitrogens with one attached hydrogen (secondary N) is 2. The number of urea groups is 1. The van der Waals surface area contributed by atoms with Crippen molar-refractivity contribution >= 4 is 57.1 Å². The number of carbonyl (C=O) groups excluding carboxylic acids is 4. The second kappa shape index (κ2) is 11.7. The van der Waals surface area contributed by atoms with Gasteiger partial charge in [0.15, 0.2) is 6.61 Å². The van der Waals surface area contributed by atoms with Crippen LogP contribution in [0.25, 0.3) is 6.08 Å². The number of carbonyl (C=O) groups is 4. The fourth-order valence-corrected chi connectivity index (χ4v) is 4.04. The van der Waals surface area contributed by atoms with E-state index in [4.69, 9.17) is 9.47 Å². The molecule has 4 rings (SSSR count). The van der Waals surface area contributed by atoms with Gasteiger partial charge in [-0.25, -0.2) is 14.1 Å². The number of ether oxygens (including phenoxy) is 2. The van der Waals surface area contributed by atoms with Crippen LogP contribution in [0.1, 0.15) is 12.5 Å². The molecule has 0 bridgehead atoms. The van der Waals surface area contributed by atoms with E-state index in [-0.39, 0.29) is 23.6 Å². The van der Waals surface area contributed by atoms with Crippen LogP contribution in [0, 0.1) is 5.82 Å². The van der Waals surface area contributed by atoms with Crippen LogP contribution in [-0.4, -0.2) is 37.0 Å². The zero-order chi connectivity index (χ0) is 27.2. The second-order valence-corrected chi connectivity index (χ2v) is 8.75. The molecule has 0 saturated carbocycles. The maximum atomic E-state index is 13.7. The van der Waals surface area contributed by atoms with Crippen LogP contribution < -0.4 is 25.0 Å². The Kier molecular flexibility index (Phi) is 8.17. The van der Waals surface area contributed by atoms with Crippen LogP contribution in [0.5, 0.6) is 11.5 Å². The molecule has 11 heteroatoms. The number of hydrogen-bond donors (Lipinski definition) is 2. The molecule has 1 aliphatic heterocycles. The van der Waals surface area contributed by atoms with Crippen molar-refractivity contribution in [3.63, 3.8) is 0 Å². The summed E-state index contributed by atoms with van der Waals surface area (Å²) in [6.07, 6.45) is 1.34. The van der Waals surface area contributed by atoms with E-state index in [2.05, 4.69) is 26.6 Å². The van der Waals surface area contributed by atoms with Crippen molar-refractivity contribution in [3.8, 4) is 11.5 Å².